The van der Waals surface area contributed by atoms with Gasteiger partial charge in [0.1, 0.15) is 0 Å². The highest BCUT2D eigenvalue weighted by Gasteiger charge is 2.09. The molecule has 1 aromatic carbocycles. The van der Waals surface area contributed by atoms with E-state index in [9.17, 15) is 0 Å². The largest absolute Gasteiger partial charge is 0.121 e. The van der Waals surface area contributed by atoms with Crippen LogP contribution < -0.4 is 0 Å². The molecule has 0 amide bonds. The zero-order chi connectivity index (χ0) is 11.3. The normalized spacial score (nSPS) is 10.7. The van der Waals surface area contributed by atoms with Crippen LogP contribution in [-0.4, -0.2) is 0 Å². The van der Waals surface area contributed by atoms with E-state index in [1.807, 2.05) is 18.2 Å². The topological polar surface area (TPSA) is 0 Å². The molecule has 0 aliphatic heterocycles. The minimum Gasteiger partial charge on any atom is -0.121 e. The van der Waals surface area contributed by atoms with Crippen molar-refractivity contribution < 1.29 is 0 Å². The van der Waals surface area contributed by atoms with Crippen molar-refractivity contribution in [2.45, 2.75) is 34.1 Å². The van der Waals surface area contributed by atoms with Crippen molar-refractivity contribution in [2.75, 3.05) is 0 Å². The maximum Gasteiger partial charge on any atom is -0.0128 e. The Bertz CT molecular complexity index is 357. The molecule has 0 spiro atoms. The fourth-order valence-corrected chi connectivity index (χ4v) is 1.60. The zero-order valence-electron chi connectivity index (χ0n) is 10.2. The second-order valence-corrected chi connectivity index (χ2v) is 5.22. The van der Waals surface area contributed by atoms with Gasteiger partial charge >= 0.3 is 0 Å². The Kier molecular flexibility index (Phi) is 3.94. The lowest BCUT2D eigenvalue weighted by Crippen LogP contribution is -2.04. The first-order chi connectivity index (χ1) is 6.97. The van der Waals surface area contributed by atoms with Crippen LogP contribution in [0, 0.1) is 5.41 Å². The summed E-state index contributed by atoms with van der Waals surface area (Å²) in [4.78, 5) is 0. The van der Waals surface area contributed by atoms with E-state index < -0.39 is 0 Å². The smallest absolute Gasteiger partial charge is 0.0128 e. The molecular formula is C15H20. The predicted molar refractivity (Wildman–Crippen MR) is 67.7 cm³/mol. The Balaban J connectivity index is 2.75. The molecular weight excluding hydrogens is 180 g/mol. The number of hydrogen-bond acceptors (Lipinski definition) is 0. The van der Waals surface area contributed by atoms with Crippen LogP contribution in [-0.2, 0) is 0 Å². The molecule has 0 heterocycles. The summed E-state index contributed by atoms with van der Waals surface area (Å²) < 4.78 is 0. The molecule has 0 radical (unpaired) electrons. The summed E-state index contributed by atoms with van der Waals surface area (Å²) >= 11 is 0. The third kappa shape index (κ3) is 5.24. The molecule has 0 saturated carbocycles. The monoisotopic (exact) mass is 200 g/mol. The van der Waals surface area contributed by atoms with Gasteiger partial charge in [0.25, 0.3) is 0 Å². The lowest BCUT2D eigenvalue weighted by atomic mass is 9.89. The molecule has 0 aliphatic carbocycles. The molecule has 1 rings (SSSR count). The number of benzene rings is 1. The highest BCUT2D eigenvalue weighted by molar-refractivity contribution is 5.48. The van der Waals surface area contributed by atoms with Gasteiger partial charge in [-0.3, -0.25) is 0 Å². The number of hydrogen-bond donors (Lipinski definition) is 0. The molecule has 0 aliphatic rings. The third-order valence-electron chi connectivity index (χ3n) is 2.08. The fourth-order valence-electron chi connectivity index (χ4n) is 1.60. The van der Waals surface area contributed by atoms with Crippen LogP contribution in [0.4, 0.5) is 0 Å². The minimum absolute atomic E-state index is 0.349. The first kappa shape index (κ1) is 11.8. The van der Waals surface area contributed by atoms with Crippen molar-refractivity contribution in [3.05, 3.63) is 47.2 Å². The van der Waals surface area contributed by atoms with Gasteiger partial charge in [-0.1, -0.05) is 51.1 Å². The molecule has 15 heavy (non-hydrogen) atoms. The summed E-state index contributed by atoms with van der Waals surface area (Å²) in [5.74, 6) is 0. The molecule has 0 fully saturated rings. The van der Waals surface area contributed by atoms with Crippen LogP contribution in [0.2, 0.25) is 0 Å². The van der Waals surface area contributed by atoms with Crippen molar-refractivity contribution >= 4 is 6.08 Å². The Morgan fingerprint density at radius 1 is 1.20 bits per heavy atom. The fraction of sp³-hybridized carbons (Fsp3) is 0.400. The number of allylic oxidation sites excluding steroid dienone is 1. The van der Waals surface area contributed by atoms with Crippen molar-refractivity contribution in [1.29, 1.82) is 0 Å². The Morgan fingerprint density at radius 2 is 1.80 bits per heavy atom. The van der Waals surface area contributed by atoms with E-state index in [-0.39, 0.29) is 0 Å². The van der Waals surface area contributed by atoms with E-state index in [0.717, 1.165) is 6.42 Å². The van der Waals surface area contributed by atoms with Gasteiger partial charge in [0, 0.05) is 0 Å². The standard InChI is InChI=1S/C15H20/c1-13(12-15(2,3)4)10-11-14-8-6-5-7-9-14/h5-9,11H,12H2,1-4H3. The van der Waals surface area contributed by atoms with Crippen LogP contribution in [0.25, 0.3) is 6.08 Å². The molecule has 0 nitrogen and oxygen atoms in total. The summed E-state index contributed by atoms with van der Waals surface area (Å²) in [5, 5.41) is 0. The predicted octanol–water partition coefficient (Wildman–Crippen LogP) is 4.68. The molecule has 0 N–H and O–H groups in total. The summed E-state index contributed by atoms with van der Waals surface area (Å²) in [6, 6.07) is 10.3. The molecule has 0 aromatic heterocycles. The van der Waals surface area contributed by atoms with Gasteiger partial charge in [0.15, 0.2) is 0 Å². The van der Waals surface area contributed by atoms with Gasteiger partial charge in [-0.15, -0.1) is 5.73 Å². The lowest BCUT2D eigenvalue weighted by molar-refractivity contribution is 0.410. The van der Waals surface area contributed by atoms with Gasteiger partial charge in [-0.05, 0) is 36.0 Å². The van der Waals surface area contributed by atoms with E-state index in [1.54, 1.807) is 0 Å². The van der Waals surface area contributed by atoms with E-state index in [0.29, 0.717) is 5.41 Å². The Labute approximate surface area is 93.3 Å². The maximum atomic E-state index is 3.35. The Morgan fingerprint density at radius 3 is 2.33 bits per heavy atom. The minimum atomic E-state index is 0.349. The van der Waals surface area contributed by atoms with Crippen molar-refractivity contribution in [3.63, 3.8) is 0 Å². The quantitative estimate of drug-likeness (QED) is 0.608. The molecule has 0 saturated heterocycles. The Hall–Kier alpha value is -1.26. The second-order valence-electron chi connectivity index (χ2n) is 5.22. The van der Waals surface area contributed by atoms with E-state index in [2.05, 4.69) is 51.6 Å². The zero-order valence-corrected chi connectivity index (χ0v) is 10.2. The molecule has 80 valence electrons. The van der Waals surface area contributed by atoms with Crippen LogP contribution in [0.3, 0.4) is 0 Å². The first-order valence-corrected chi connectivity index (χ1v) is 5.45. The molecule has 0 unspecified atom stereocenters. The first-order valence-electron chi connectivity index (χ1n) is 5.45. The molecule has 1 aromatic rings. The summed E-state index contributed by atoms with van der Waals surface area (Å²) in [6.45, 7) is 8.90. The van der Waals surface area contributed by atoms with Crippen molar-refractivity contribution in [2.24, 2.45) is 5.41 Å². The summed E-state index contributed by atoms with van der Waals surface area (Å²) in [5.41, 5.74) is 6.22. The molecule has 0 heteroatoms. The van der Waals surface area contributed by atoms with Crippen molar-refractivity contribution in [1.82, 2.24) is 0 Å². The van der Waals surface area contributed by atoms with Gasteiger partial charge in [-0.25, -0.2) is 0 Å². The molecule has 0 bridgehead atoms. The average molecular weight is 200 g/mol. The lowest BCUT2D eigenvalue weighted by Gasteiger charge is -2.16. The van der Waals surface area contributed by atoms with Crippen LogP contribution in [0.15, 0.2) is 41.6 Å². The van der Waals surface area contributed by atoms with E-state index >= 15 is 0 Å². The highest BCUT2D eigenvalue weighted by atomic mass is 14.1. The molecule has 0 atom stereocenters. The van der Waals surface area contributed by atoms with Gasteiger partial charge in [-0.2, -0.15) is 0 Å². The van der Waals surface area contributed by atoms with E-state index in [1.165, 1.54) is 11.1 Å². The van der Waals surface area contributed by atoms with Gasteiger partial charge in [0.2, 0.25) is 0 Å². The number of rotatable bonds is 2. The second kappa shape index (κ2) is 5.00. The SMILES string of the molecule is CC(=C=Cc1ccccc1)CC(C)(C)C. The highest BCUT2D eigenvalue weighted by Crippen LogP contribution is 2.22. The average Bonchev–Trinajstić information content (AvgIpc) is 2.14. The van der Waals surface area contributed by atoms with Crippen molar-refractivity contribution in [3.8, 4) is 0 Å². The maximum absolute atomic E-state index is 3.35. The van der Waals surface area contributed by atoms with Crippen LogP contribution >= 0.6 is 0 Å². The van der Waals surface area contributed by atoms with Gasteiger partial charge in [0.05, 0.1) is 0 Å². The summed E-state index contributed by atoms with van der Waals surface area (Å²) in [6.07, 6.45) is 3.15. The van der Waals surface area contributed by atoms with Crippen LogP contribution in [0.1, 0.15) is 39.7 Å². The van der Waals surface area contributed by atoms with Crippen LogP contribution in [0.5, 0.6) is 0 Å². The third-order valence-corrected chi connectivity index (χ3v) is 2.08. The van der Waals surface area contributed by atoms with E-state index in [4.69, 9.17) is 0 Å². The van der Waals surface area contributed by atoms with Gasteiger partial charge < -0.3 is 0 Å². The summed E-state index contributed by atoms with van der Waals surface area (Å²) in [7, 11) is 0.